The molecule has 1 aromatic heterocycles. The van der Waals surface area contributed by atoms with Gasteiger partial charge >= 0.3 is 0 Å². The number of carbonyl (C=O) groups excluding carboxylic acids is 1. The largest absolute Gasteiger partial charge is 0.309 e. The Bertz CT molecular complexity index is 1590. The normalized spacial score (nSPS) is 11.1. The number of nitro groups is 1. The lowest BCUT2D eigenvalue weighted by atomic mass is 10.0. The van der Waals surface area contributed by atoms with Crippen molar-refractivity contribution < 1.29 is 9.72 Å². The number of nitro benzene ring substituents is 1. The van der Waals surface area contributed by atoms with Gasteiger partial charge < -0.3 is 4.57 Å². The highest BCUT2D eigenvalue weighted by molar-refractivity contribution is 9.10. The van der Waals surface area contributed by atoms with Crippen molar-refractivity contribution in [2.75, 3.05) is 0 Å². The molecule has 0 aliphatic carbocycles. The summed E-state index contributed by atoms with van der Waals surface area (Å²) in [7, 11) is 0. The second kappa shape index (κ2) is 10.6. The summed E-state index contributed by atoms with van der Waals surface area (Å²) in [6, 6.07) is 36.0. The number of nitrogens with zero attached hydrogens (tertiary/aromatic N) is 2. The van der Waals surface area contributed by atoms with Crippen LogP contribution in [0.3, 0.4) is 0 Å². The Kier molecular flexibility index (Phi) is 6.92. The van der Waals surface area contributed by atoms with Crippen molar-refractivity contribution in [3.8, 4) is 28.2 Å². The zero-order valence-corrected chi connectivity index (χ0v) is 21.2. The predicted octanol–water partition coefficient (Wildman–Crippen LogP) is 8.38. The molecular weight excluding hydrogens is 528 g/mol. The third-order valence-electron chi connectivity index (χ3n) is 6.01. The Labute approximate surface area is 222 Å². The first-order valence-corrected chi connectivity index (χ1v) is 12.4. The van der Waals surface area contributed by atoms with Crippen LogP contribution in [0.2, 0.25) is 0 Å². The summed E-state index contributed by atoms with van der Waals surface area (Å²) in [6.07, 6.45) is 3.33. The van der Waals surface area contributed by atoms with E-state index in [-0.39, 0.29) is 11.5 Å². The summed E-state index contributed by atoms with van der Waals surface area (Å²) < 4.78 is 3.19. The van der Waals surface area contributed by atoms with Crippen LogP contribution in [-0.4, -0.2) is 15.3 Å². The van der Waals surface area contributed by atoms with Crippen LogP contribution in [0.1, 0.15) is 15.9 Å². The van der Waals surface area contributed by atoms with Crippen molar-refractivity contribution >= 4 is 33.5 Å². The molecule has 0 bridgehead atoms. The summed E-state index contributed by atoms with van der Waals surface area (Å²) in [4.78, 5) is 23.4. The summed E-state index contributed by atoms with van der Waals surface area (Å²) in [5.41, 5.74) is 6.20. The molecule has 37 heavy (non-hydrogen) atoms. The summed E-state index contributed by atoms with van der Waals surface area (Å²) in [5, 5.41) is 11.0. The standard InChI is InChI=1S/C31H21BrN2O3/c32-26-14-18-27(19-15-26)33-29(22-7-3-1-4-8-22)21-25(31(33)24-9-5-2-6-10-24)13-20-30(35)23-11-16-28(17-12-23)34(36)37/h1-21H/b20-13+. The second-order valence-electron chi connectivity index (χ2n) is 8.38. The van der Waals surface area contributed by atoms with Crippen molar-refractivity contribution in [2.45, 2.75) is 0 Å². The Morgan fingerprint density at radius 3 is 1.97 bits per heavy atom. The number of ketones is 1. The molecule has 0 aliphatic rings. The molecule has 0 amide bonds. The highest BCUT2D eigenvalue weighted by atomic mass is 79.9. The fourth-order valence-corrected chi connectivity index (χ4v) is 4.50. The van der Waals surface area contributed by atoms with E-state index in [1.807, 2.05) is 54.6 Å². The van der Waals surface area contributed by atoms with Crippen LogP contribution in [0.25, 0.3) is 34.3 Å². The average molecular weight is 549 g/mol. The van der Waals surface area contributed by atoms with Gasteiger partial charge in [-0.15, -0.1) is 0 Å². The van der Waals surface area contributed by atoms with Crippen LogP contribution < -0.4 is 0 Å². The maximum atomic E-state index is 12.9. The quantitative estimate of drug-likeness (QED) is 0.0887. The molecule has 4 aromatic carbocycles. The highest BCUT2D eigenvalue weighted by Gasteiger charge is 2.18. The van der Waals surface area contributed by atoms with E-state index >= 15 is 0 Å². The van der Waals surface area contributed by atoms with Crippen LogP contribution in [0.5, 0.6) is 0 Å². The van der Waals surface area contributed by atoms with E-state index in [9.17, 15) is 14.9 Å². The molecule has 0 spiro atoms. The van der Waals surface area contributed by atoms with E-state index in [0.717, 1.165) is 38.2 Å². The molecule has 1 heterocycles. The van der Waals surface area contributed by atoms with Crippen molar-refractivity contribution in [2.24, 2.45) is 0 Å². The Morgan fingerprint density at radius 2 is 1.38 bits per heavy atom. The third kappa shape index (κ3) is 5.20. The van der Waals surface area contributed by atoms with Gasteiger partial charge in [-0.3, -0.25) is 14.9 Å². The Hall–Kier alpha value is -4.55. The maximum absolute atomic E-state index is 12.9. The molecule has 5 rings (SSSR count). The highest BCUT2D eigenvalue weighted by Crippen LogP contribution is 2.37. The molecule has 180 valence electrons. The van der Waals surface area contributed by atoms with E-state index < -0.39 is 4.92 Å². The average Bonchev–Trinajstić information content (AvgIpc) is 3.32. The minimum absolute atomic E-state index is 0.0500. The van der Waals surface area contributed by atoms with Gasteiger partial charge in [0.05, 0.1) is 16.3 Å². The molecule has 0 saturated heterocycles. The molecule has 5 aromatic rings. The molecule has 0 N–H and O–H groups in total. The van der Waals surface area contributed by atoms with Gasteiger partial charge in [-0.2, -0.15) is 0 Å². The molecule has 0 aliphatic heterocycles. The van der Waals surface area contributed by atoms with Gasteiger partial charge in [-0.05, 0) is 65.7 Å². The molecular formula is C31H21BrN2O3. The lowest BCUT2D eigenvalue weighted by molar-refractivity contribution is -0.384. The number of aromatic nitrogens is 1. The zero-order chi connectivity index (χ0) is 25.8. The van der Waals surface area contributed by atoms with Gasteiger partial charge in [0.1, 0.15) is 0 Å². The summed E-state index contributed by atoms with van der Waals surface area (Å²) in [5.74, 6) is -0.230. The smallest absolute Gasteiger partial charge is 0.269 e. The van der Waals surface area contributed by atoms with Crippen molar-refractivity contribution in [3.63, 3.8) is 0 Å². The molecule has 0 unspecified atom stereocenters. The first-order valence-electron chi connectivity index (χ1n) is 11.6. The number of rotatable bonds is 7. The van der Waals surface area contributed by atoms with Gasteiger partial charge in [0, 0.05) is 33.4 Å². The number of allylic oxidation sites excluding steroid dienone is 1. The fraction of sp³-hybridized carbons (Fsp3) is 0. The fourth-order valence-electron chi connectivity index (χ4n) is 4.24. The minimum atomic E-state index is -0.480. The van der Waals surface area contributed by atoms with E-state index in [0.29, 0.717) is 5.56 Å². The van der Waals surface area contributed by atoms with E-state index in [2.05, 4.69) is 63.0 Å². The molecule has 0 saturated carbocycles. The zero-order valence-electron chi connectivity index (χ0n) is 19.6. The van der Waals surface area contributed by atoms with Crippen LogP contribution in [-0.2, 0) is 0 Å². The van der Waals surface area contributed by atoms with Gasteiger partial charge in [0.25, 0.3) is 5.69 Å². The van der Waals surface area contributed by atoms with E-state index in [1.165, 1.54) is 30.3 Å². The SMILES string of the molecule is O=C(/C=C/c1cc(-c2ccccc2)n(-c2ccc(Br)cc2)c1-c1ccccc1)c1ccc([N+](=O)[O-])cc1. The summed E-state index contributed by atoms with van der Waals surface area (Å²) in [6.45, 7) is 0. The van der Waals surface area contributed by atoms with Crippen molar-refractivity contribution in [1.29, 1.82) is 0 Å². The van der Waals surface area contributed by atoms with Gasteiger partial charge in [-0.25, -0.2) is 0 Å². The monoisotopic (exact) mass is 548 g/mol. The molecule has 0 fully saturated rings. The Morgan fingerprint density at radius 1 is 0.784 bits per heavy atom. The van der Waals surface area contributed by atoms with Gasteiger partial charge in [-0.1, -0.05) is 76.6 Å². The van der Waals surface area contributed by atoms with E-state index in [4.69, 9.17) is 0 Å². The Balaban J connectivity index is 1.67. The predicted molar refractivity (Wildman–Crippen MR) is 151 cm³/mol. The van der Waals surface area contributed by atoms with Crippen LogP contribution >= 0.6 is 15.9 Å². The van der Waals surface area contributed by atoms with Crippen LogP contribution in [0, 0.1) is 10.1 Å². The number of non-ortho nitro benzene ring substituents is 1. The first kappa shape index (κ1) is 24.2. The number of halogens is 1. The van der Waals surface area contributed by atoms with Crippen molar-refractivity contribution in [1.82, 2.24) is 4.57 Å². The van der Waals surface area contributed by atoms with E-state index in [1.54, 1.807) is 0 Å². The number of hydrogen-bond donors (Lipinski definition) is 0. The first-order chi connectivity index (χ1) is 18.0. The van der Waals surface area contributed by atoms with Crippen molar-refractivity contribution in [3.05, 3.63) is 147 Å². The lowest BCUT2D eigenvalue weighted by Gasteiger charge is -2.15. The molecule has 0 radical (unpaired) electrons. The lowest BCUT2D eigenvalue weighted by Crippen LogP contribution is -2.00. The van der Waals surface area contributed by atoms with Crippen LogP contribution in [0.4, 0.5) is 5.69 Å². The number of carbonyl (C=O) groups is 1. The second-order valence-corrected chi connectivity index (χ2v) is 9.29. The molecule has 5 nitrogen and oxygen atoms in total. The van der Waals surface area contributed by atoms with Gasteiger partial charge in [0.15, 0.2) is 5.78 Å². The van der Waals surface area contributed by atoms with Gasteiger partial charge in [0.2, 0.25) is 0 Å². The number of hydrogen-bond acceptors (Lipinski definition) is 3. The van der Waals surface area contributed by atoms with Crippen LogP contribution in [0.15, 0.2) is 126 Å². The number of benzene rings is 4. The molecule has 0 atom stereocenters. The maximum Gasteiger partial charge on any atom is 0.269 e. The minimum Gasteiger partial charge on any atom is -0.309 e. The third-order valence-corrected chi connectivity index (χ3v) is 6.54. The topological polar surface area (TPSA) is 65.1 Å². The summed E-state index contributed by atoms with van der Waals surface area (Å²) >= 11 is 3.53. The molecule has 6 heteroatoms.